The van der Waals surface area contributed by atoms with Crippen LogP contribution in [0.15, 0.2) is 170 Å². The highest BCUT2D eigenvalue weighted by molar-refractivity contribution is 6.11. The van der Waals surface area contributed by atoms with Crippen LogP contribution in [0.25, 0.3) is 49.4 Å². The van der Waals surface area contributed by atoms with Crippen molar-refractivity contribution in [1.82, 2.24) is 4.57 Å². The summed E-state index contributed by atoms with van der Waals surface area (Å²) < 4.78 is 2.41. The van der Waals surface area contributed by atoms with Gasteiger partial charge in [0.25, 0.3) is 0 Å². The smallest absolute Gasteiger partial charge is 0.0542 e. The third-order valence-electron chi connectivity index (χ3n) is 8.19. The summed E-state index contributed by atoms with van der Waals surface area (Å²) in [7, 11) is 0. The van der Waals surface area contributed by atoms with Gasteiger partial charge in [0.2, 0.25) is 0 Å². The molecule has 0 amide bonds. The number of rotatable bonds is 5. The maximum absolute atomic E-state index is 2.41. The van der Waals surface area contributed by atoms with Crippen LogP contribution < -0.4 is 4.90 Å². The topological polar surface area (TPSA) is 8.17 Å². The third-order valence-corrected chi connectivity index (χ3v) is 8.19. The minimum atomic E-state index is 1.12. The molecule has 0 N–H and O–H groups in total. The molecule has 7 aromatic carbocycles. The molecule has 1 heterocycles. The fourth-order valence-corrected chi connectivity index (χ4v) is 6.28. The van der Waals surface area contributed by atoms with E-state index in [4.69, 9.17) is 0 Å². The molecule has 8 aromatic rings. The van der Waals surface area contributed by atoms with Crippen LogP contribution in [-0.2, 0) is 0 Å². The first-order chi connectivity index (χ1) is 20.9. The van der Waals surface area contributed by atoms with Crippen molar-refractivity contribution >= 4 is 49.6 Å². The van der Waals surface area contributed by atoms with Crippen LogP contribution >= 0.6 is 0 Å². The summed E-state index contributed by atoms with van der Waals surface area (Å²) in [6, 6.07) is 60.8. The largest absolute Gasteiger partial charge is 0.310 e. The molecule has 0 bridgehead atoms. The summed E-state index contributed by atoms with van der Waals surface area (Å²) in [6.45, 7) is 0. The van der Waals surface area contributed by atoms with Gasteiger partial charge in [-0.3, -0.25) is 0 Å². The SMILES string of the molecule is c1ccc(-c2ccc(N(c3ccccc3)c3ccc(-n4c5ccccc5c5ccccc54)c4ccccc34)cc2)cc1. The van der Waals surface area contributed by atoms with Gasteiger partial charge in [-0.2, -0.15) is 0 Å². The molecule has 0 radical (unpaired) electrons. The monoisotopic (exact) mass is 536 g/mol. The standard InChI is InChI=1S/C40H28N2/c1-3-13-29(14-4-1)30-23-25-32(26-24-30)41(31-15-5-2-6-16-31)39-27-28-40(36-18-8-7-17-35(36)39)42-37-21-11-9-19-33(37)34-20-10-12-22-38(34)42/h1-28H. The second kappa shape index (κ2) is 10.1. The van der Waals surface area contributed by atoms with Crippen LogP contribution in [0.4, 0.5) is 17.1 Å². The van der Waals surface area contributed by atoms with Gasteiger partial charge < -0.3 is 9.47 Å². The van der Waals surface area contributed by atoms with Crippen LogP contribution in [0.5, 0.6) is 0 Å². The van der Waals surface area contributed by atoms with Crippen LogP contribution in [0.1, 0.15) is 0 Å². The van der Waals surface area contributed by atoms with E-state index in [1.54, 1.807) is 0 Å². The lowest BCUT2D eigenvalue weighted by Gasteiger charge is -2.28. The first kappa shape index (κ1) is 24.2. The maximum Gasteiger partial charge on any atom is 0.0542 e. The van der Waals surface area contributed by atoms with Gasteiger partial charge in [0.1, 0.15) is 0 Å². The molecule has 8 rings (SSSR count). The van der Waals surface area contributed by atoms with Gasteiger partial charge >= 0.3 is 0 Å². The van der Waals surface area contributed by atoms with Crippen molar-refractivity contribution in [2.24, 2.45) is 0 Å². The summed E-state index contributed by atoms with van der Waals surface area (Å²) in [5, 5.41) is 4.95. The molecular weight excluding hydrogens is 508 g/mol. The van der Waals surface area contributed by atoms with E-state index in [2.05, 4.69) is 179 Å². The second-order valence-electron chi connectivity index (χ2n) is 10.6. The molecule has 0 atom stereocenters. The van der Waals surface area contributed by atoms with E-state index in [1.807, 2.05) is 0 Å². The van der Waals surface area contributed by atoms with E-state index < -0.39 is 0 Å². The summed E-state index contributed by atoms with van der Waals surface area (Å²) in [5.41, 5.74) is 9.43. The van der Waals surface area contributed by atoms with Crippen molar-refractivity contribution in [2.45, 2.75) is 0 Å². The minimum Gasteiger partial charge on any atom is -0.310 e. The number of para-hydroxylation sites is 3. The molecule has 0 unspecified atom stereocenters. The lowest BCUT2D eigenvalue weighted by Crippen LogP contribution is -2.11. The lowest BCUT2D eigenvalue weighted by molar-refractivity contribution is 1.19. The van der Waals surface area contributed by atoms with Crippen molar-refractivity contribution in [1.29, 1.82) is 0 Å². The Balaban J connectivity index is 1.35. The quantitative estimate of drug-likeness (QED) is 0.212. The molecule has 1 aromatic heterocycles. The van der Waals surface area contributed by atoms with Crippen LogP contribution in [-0.4, -0.2) is 4.57 Å². The van der Waals surface area contributed by atoms with E-state index in [0.29, 0.717) is 0 Å². The molecule has 0 saturated carbocycles. The van der Waals surface area contributed by atoms with Crippen molar-refractivity contribution in [3.8, 4) is 16.8 Å². The Hall–Kier alpha value is -5.60. The van der Waals surface area contributed by atoms with E-state index in [9.17, 15) is 0 Å². The predicted molar refractivity (Wildman–Crippen MR) is 178 cm³/mol. The van der Waals surface area contributed by atoms with E-state index in [0.717, 1.165) is 17.1 Å². The van der Waals surface area contributed by atoms with Crippen LogP contribution in [0.2, 0.25) is 0 Å². The second-order valence-corrected chi connectivity index (χ2v) is 10.6. The average molecular weight is 537 g/mol. The first-order valence-corrected chi connectivity index (χ1v) is 14.4. The number of aromatic nitrogens is 1. The predicted octanol–water partition coefficient (Wildman–Crippen LogP) is 11.1. The normalized spacial score (nSPS) is 11.3. The zero-order valence-electron chi connectivity index (χ0n) is 23.1. The van der Waals surface area contributed by atoms with E-state index in [-0.39, 0.29) is 0 Å². The summed E-state index contributed by atoms with van der Waals surface area (Å²) in [6.07, 6.45) is 0. The number of hydrogen-bond donors (Lipinski definition) is 0. The Morgan fingerprint density at radius 1 is 0.333 bits per heavy atom. The highest BCUT2D eigenvalue weighted by Crippen LogP contribution is 2.42. The van der Waals surface area contributed by atoms with E-state index >= 15 is 0 Å². The average Bonchev–Trinajstić information content (AvgIpc) is 3.40. The molecular formula is C40H28N2. The highest BCUT2D eigenvalue weighted by atomic mass is 15.1. The van der Waals surface area contributed by atoms with Crippen molar-refractivity contribution in [3.05, 3.63) is 170 Å². The van der Waals surface area contributed by atoms with E-state index in [1.165, 1.54) is 49.4 Å². The summed E-state index contributed by atoms with van der Waals surface area (Å²) in [5.74, 6) is 0. The molecule has 2 nitrogen and oxygen atoms in total. The molecule has 42 heavy (non-hydrogen) atoms. The first-order valence-electron chi connectivity index (χ1n) is 14.4. The number of hydrogen-bond acceptors (Lipinski definition) is 1. The third kappa shape index (κ3) is 3.96. The highest BCUT2D eigenvalue weighted by Gasteiger charge is 2.19. The van der Waals surface area contributed by atoms with Gasteiger partial charge in [0.15, 0.2) is 0 Å². The number of anilines is 3. The fraction of sp³-hybridized carbons (Fsp3) is 0. The van der Waals surface area contributed by atoms with Crippen molar-refractivity contribution in [2.75, 3.05) is 4.90 Å². The zero-order chi connectivity index (χ0) is 27.9. The summed E-state index contributed by atoms with van der Waals surface area (Å²) >= 11 is 0. The Bertz CT molecular complexity index is 2120. The molecule has 0 spiro atoms. The molecule has 0 aliphatic rings. The lowest BCUT2D eigenvalue weighted by atomic mass is 10.0. The minimum absolute atomic E-state index is 1.12. The Kier molecular flexibility index (Phi) is 5.82. The molecule has 0 aliphatic heterocycles. The molecule has 0 aliphatic carbocycles. The molecule has 0 saturated heterocycles. The molecule has 198 valence electrons. The van der Waals surface area contributed by atoms with Gasteiger partial charge in [0, 0.05) is 32.9 Å². The van der Waals surface area contributed by atoms with Crippen molar-refractivity contribution < 1.29 is 0 Å². The number of fused-ring (bicyclic) bond motifs is 4. The molecule has 2 heteroatoms. The van der Waals surface area contributed by atoms with Gasteiger partial charge in [-0.05, 0) is 59.7 Å². The molecule has 0 fully saturated rings. The Labute approximate surface area is 245 Å². The summed E-state index contributed by atoms with van der Waals surface area (Å²) in [4.78, 5) is 2.37. The van der Waals surface area contributed by atoms with Gasteiger partial charge in [-0.15, -0.1) is 0 Å². The van der Waals surface area contributed by atoms with Gasteiger partial charge in [0.05, 0.1) is 22.4 Å². The van der Waals surface area contributed by atoms with Crippen LogP contribution in [0, 0.1) is 0 Å². The number of nitrogens with zero attached hydrogens (tertiary/aromatic N) is 2. The van der Waals surface area contributed by atoms with Gasteiger partial charge in [-0.25, -0.2) is 0 Å². The Morgan fingerprint density at radius 2 is 0.810 bits per heavy atom. The number of benzene rings is 7. The van der Waals surface area contributed by atoms with Crippen LogP contribution in [0.3, 0.4) is 0 Å². The van der Waals surface area contributed by atoms with Crippen molar-refractivity contribution in [3.63, 3.8) is 0 Å². The Morgan fingerprint density at radius 3 is 1.45 bits per heavy atom. The zero-order valence-corrected chi connectivity index (χ0v) is 23.1. The maximum atomic E-state index is 2.41. The fourth-order valence-electron chi connectivity index (χ4n) is 6.28. The van der Waals surface area contributed by atoms with Gasteiger partial charge in [-0.1, -0.05) is 121 Å².